The van der Waals surface area contributed by atoms with Crippen LogP contribution in [0.4, 0.5) is 0 Å². The van der Waals surface area contributed by atoms with E-state index in [1.807, 2.05) is 6.07 Å². The van der Waals surface area contributed by atoms with Crippen LogP contribution in [0.5, 0.6) is 5.75 Å². The van der Waals surface area contributed by atoms with Crippen molar-refractivity contribution in [3.63, 3.8) is 0 Å². The van der Waals surface area contributed by atoms with E-state index in [0.29, 0.717) is 31.7 Å². The van der Waals surface area contributed by atoms with E-state index in [-0.39, 0.29) is 29.5 Å². The smallest absolute Gasteiger partial charge is 0.247 e. The Morgan fingerprint density at radius 3 is 2.71 bits per heavy atom. The number of amides is 1. The maximum Gasteiger partial charge on any atom is 0.247 e. The lowest BCUT2D eigenvalue weighted by Crippen LogP contribution is -2.46. The zero-order chi connectivity index (χ0) is 19.7. The zero-order valence-electron chi connectivity index (χ0n) is 15.7. The lowest BCUT2D eigenvalue weighted by atomic mass is 10.1. The van der Waals surface area contributed by atoms with E-state index < -0.39 is 10.0 Å². The molecule has 7 nitrogen and oxygen atoms in total. The number of fused-ring (bicyclic) bond motifs is 2. The number of carbonyl (C=O) groups excluding carboxylic acids is 1. The first-order chi connectivity index (χ1) is 13.5. The summed E-state index contributed by atoms with van der Waals surface area (Å²) in [7, 11) is -3.76. The first-order valence-corrected chi connectivity index (χ1v) is 10.8. The number of pyridine rings is 1. The Bertz CT molecular complexity index is 964. The van der Waals surface area contributed by atoms with Crippen LogP contribution in [0.1, 0.15) is 25.3 Å². The largest absolute Gasteiger partial charge is 0.487 e. The molecular formula is C20H23N3O4S. The zero-order valence-corrected chi connectivity index (χ0v) is 16.5. The summed E-state index contributed by atoms with van der Waals surface area (Å²) in [6, 6.07) is 10.1. The average Bonchev–Trinajstić information content (AvgIpc) is 2.93. The number of ether oxygens (including phenoxy) is 1. The molecule has 1 saturated heterocycles. The van der Waals surface area contributed by atoms with E-state index in [2.05, 4.69) is 4.98 Å². The predicted octanol–water partition coefficient (Wildman–Crippen LogP) is 2.04. The van der Waals surface area contributed by atoms with Crippen LogP contribution in [-0.2, 0) is 21.4 Å². The van der Waals surface area contributed by atoms with Gasteiger partial charge in [-0.1, -0.05) is 18.2 Å². The number of nitrogens with zero attached hydrogens (tertiary/aromatic N) is 3. The minimum Gasteiger partial charge on any atom is -0.487 e. The van der Waals surface area contributed by atoms with Crippen molar-refractivity contribution >= 4 is 15.9 Å². The summed E-state index contributed by atoms with van der Waals surface area (Å²) in [5, 5.41) is 0. The molecule has 2 aliphatic rings. The van der Waals surface area contributed by atoms with Gasteiger partial charge in [0.25, 0.3) is 0 Å². The Morgan fingerprint density at radius 1 is 1.18 bits per heavy atom. The molecule has 0 spiro atoms. The molecule has 0 unspecified atom stereocenters. The molecule has 0 N–H and O–H groups in total. The highest BCUT2D eigenvalue weighted by Crippen LogP contribution is 2.37. The Morgan fingerprint density at radius 2 is 1.96 bits per heavy atom. The van der Waals surface area contributed by atoms with Gasteiger partial charge in [-0.25, -0.2) is 8.42 Å². The Balaban J connectivity index is 1.78. The van der Waals surface area contributed by atoms with Crippen LogP contribution in [-0.4, -0.2) is 53.7 Å². The molecule has 3 heterocycles. The third-order valence-corrected chi connectivity index (χ3v) is 7.31. The van der Waals surface area contributed by atoms with Crippen LogP contribution in [0.25, 0.3) is 0 Å². The number of benzene rings is 1. The summed E-state index contributed by atoms with van der Waals surface area (Å²) in [4.78, 5) is 17.9. The van der Waals surface area contributed by atoms with Crippen LogP contribution in [0.15, 0.2) is 53.7 Å². The summed E-state index contributed by atoms with van der Waals surface area (Å²) < 4.78 is 34.8. The molecule has 2 atom stereocenters. The lowest BCUT2D eigenvalue weighted by Gasteiger charge is -2.31. The molecule has 1 amide bonds. The van der Waals surface area contributed by atoms with Gasteiger partial charge in [-0.05, 0) is 30.2 Å². The van der Waals surface area contributed by atoms with Gasteiger partial charge in [-0.3, -0.25) is 9.78 Å². The third kappa shape index (κ3) is 3.49. The fourth-order valence-corrected chi connectivity index (χ4v) is 5.74. The molecule has 8 heteroatoms. The standard InChI is InChI=1S/C20H23N3O4S/c1-15(24)22-11-8-17-18(9-12-22)27-19-6-2-3-7-20(19)28(25,26)23(17)14-16-5-4-10-21-13-16/h2-7,10,13,17-18H,8-9,11-12,14H2,1H3/t17-,18-/m0/s1. The quantitative estimate of drug-likeness (QED) is 0.769. The highest BCUT2D eigenvalue weighted by Gasteiger charge is 2.43. The van der Waals surface area contributed by atoms with Gasteiger partial charge >= 0.3 is 0 Å². The van der Waals surface area contributed by atoms with Gasteiger partial charge in [0.05, 0.1) is 6.04 Å². The van der Waals surface area contributed by atoms with Crippen LogP contribution in [0.2, 0.25) is 0 Å². The molecule has 1 aromatic carbocycles. The van der Waals surface area contributed by atoms with Crippen LogP contribution in [0.3, 0.4) is 0 Å². The molecule has 0 bridgehead atoms. The molecule has 4 rings (SSSR count). The molecule has 0 radical (unpaired) electrons. The first kappa shape index (κ1) is 18.9. The molecule has 1 aromatic heterocycles. The molecule has 0 aliphatic carbocycles. The Kier molecular flexibility index (Phi) is 5.07. The topological polar surface area (TPSA) is 79.8 Å². The maximum atomic E-state index is 13.6. The summed E-state index contributed by atoms with van der Waals surface area (Å²) >= 11 is 0. The minimum atomic E-state index is -3.76. The van der Waals surface area contributed by atoms with Crippen molar-refractivity contribution in [1.29, 1.82) is 0 Å². The van der Waals surface area contributed by atoms with Crippen molar-refractivity contribution in [2.24, 2.45) is 0 Å². The predicted molar refractivity (Wildman–Crippen MR) is 103 cm³/mol. The van der Waals surface area contributed by atoms with Crippen molar-refractivity contribution in [2.45, 2.75) is 43.4 Å². The van der Waals surface area contributed by atoms with Gasteiger partial charge in [-0.15, -0.1) is 0 Å². The molecule has 28 heavy (non-hydrogen) atoms. The number of para-hydroxylation sites is 1. The number of sulfonamides is 1. The van der Waals surface area contributed by atoms with Crippen LogP contribution < -0.4 is 4.74 Å². The number of aromatic nitrogens is 1. The molecular weight excluding hydrogens is 378 g/mol. The maximum absolute atomic E-state index is 13.6. The van der Waals surface area contributed by atoms with Crippen molar-refractivity contribution in [3.05, 3.63) is 54.4 Å². The van der Waals surface area contributed by atoms with Gasteiger partial charge in [0.2, 0.25) is 15.9 Å². The van der Waals surface area contributed by atoms with Crippen LogP contribution in [0, 0.1) is 0 Å². The Hall–Kier alpha value is -2.45. The second kappa shape index (κ2) is 7.52. The monoisotopic (exact) mass is 401 g/mol. The van der Waals surface area contributed by atoms with Gasteiger partial charge in [0.15, 0.2) is 0 Å². The van der Waals surface area contributed by atoms with E-state index in [9.17, 15) is 13.2 Å². The SMILES string of the molecule is CC(=O)N1CC[C@@H]2Oc3ccccc3S(=O)(=O)N(Cc3cccnc3)[C@H]2CC1. The fraction of sp³-hybridized carbons (Fsp3) is 0.400. The van der Waals surface area contributed by atoms with Crippen molar-refractivity contribution in [1.82, 2.24) is 14.2 Å². The number of carbonyl (C=O) groups is 1. The fourth-order valence-electron chi connectivity index (χ4n) is 3.95. The van der Waals surface area contributed by atoms with Gasteiger partial charge in [-0.2, -0.15) is 4.31 Å². The number of rotatable bonds is 2. The van der Waals surface area contributed by atoms with E-state index in [1.54, 1.807) is 54.5 Å². The molecule has 1 fully saturated rings. The van der Waals surface area contributed by atoms with E-state index >= 15 is 0 Å². The highest BCUT2D eigenvalue weighted by atomic mass is 32.2. The molecule has 2 aliphatic heterocycles. The summed E-state index contributed by atoms with van der Waals surface area (Å²) in [6.45, 7) is 2.82. The minimum absolute atomic E-state index is 0.00136. The summed E-state index contributed by atoms with van der Waals surface area (Å²) in [5.41, 5.74) is 0.817. The van der Waals surface area contributed by atoms with Crippen molar-refractivity contribution in [2.75, 3.05) is 13.1 Å². The van der Waals surface area contributed by atoms with E-state index in [0.717, 1.165) is 5.56 Å². The second-order valence-corrected chi connectivity index (χ2v) is 9.02. The molecule has 2 aromatic rings. The van der Waals surface area contributed by atoms with E-state index in [4.69, 9.17) is 4.74 Å². The number of hydrogen-bond acceptors (Lipinski definition) is 5. The first-order valence-electron chi connectivity index (χ1n) is 9.39. The van der Waals surface area contributed by atoms with Gasteiger partial charge in [0, 0.05) is 45.4 Å². The second-order valence-electron chi connectivity index (χ2n) is 7.17. The third-order valence-electron chi connectivity index (χ3n) is 5.40. The van der Waals surface area contributed by atoms with E-state index in [1.165, 1.54) is 4.31 Å². The Labute approximate surface area is 165 Å². The average molecular weight is 401 g/mol. The van der Waals surface area contributed by atoms with Gasteiger partial charge in [0.1, 0.15) is 16.7 Å². The van der Waals surface area contributed by atoms with Crippen molar-refractivity contribution in [3.8, 4) is 5.75 Å². The molecule has 0 saturated carbocycles. The normalized spacial score (nSPS) is 24.2. The summed E-state index contributed by atoms with van der Waals surface area (Å²) in [5.74, 6) is 0.376. The van der Waals surface area contributed by atoms with Crippen molar-refractivity contribution < 1.29 is 17.9 Å². The highest BCUT2D eigenvalue weighted by molar-refractivity contribution is 7.89. The number of hydrogen-bond donors (Lipinski definition) is 0. The number of likely N-dealkylation sites (tertiary alicyclic amines) is 1. The van der Waals surface area contributed by atoms with Gasteiger partial charge < -0.3 is 9.64 Å². The lowest BCUT2D eigenvalue weighted by molar-refractivity contribution is -0.128. The summed E-state index contributed by atoms with van der Waals surface area (Å²) in [6.07, 6.45) is 4.13. The van der Waals surface area contributed by atoms with Crippen LogP contribution >= 0.6 is 0 Å². The molecule has 148 valence electrons.